The molecule has 3 amide bonds. The average molecular weight is 488 g/mol. The number of piperidine rings is 2. The van der Waals surface area contributed by atoms with Crippen LogP contribution in [0.1, 0.15) is 72.3 Å². The SMILES string of the molecule is O=C1CCC(N2Cc3cc(O[C@@H]4CCC[C@@H]4N4CCC(c5ccccc5)CC4)ccc3C2=O)C(=O)N1. The van der Waals surface area contributed by atoms with Crippen molar-refractivity contribution in [2.45, 2.75) is 75.6 Å². The number of hydrogen-bond donors (Lipinski definition) is 1. The Kier molecular flexibility index (Phi) is 6.25. The van der Waals surface area contributed by atoms with Crippen molar-refractivity contribution in [3.05, 3.63) is 65.2 Å². The van der Waals surface area contributed by atoms with E-state index >= 15 is 0 Å². The van der Waals surface area contributed by atoms with Gasteiger partial charge in [-0.25, -0.2) is 0 Å². The van der Waals surface area contributed by atoms with E-state index in [0.717, 1.165) is 37.2 Å². The number of hydrogen-bond acceptors (Lipinski definition) is 5. The second-order valence-corrected chi connectivity index (χ2v) is 10.6. The third-order valence-corrected chi connectivity index (χ3v) is 8.47. The van der Waals surface area contributed by atoms with Crippen LogP contribution in [0.5, 0.6) is 5.75 Å². The molecular weight excluding hydrogens is 454 g/mol. The summed E-state index contributed by atoms with van der Waals surface area (Å²) >= 11 is 0. The minimum Gasteiger partial charge on any atom is -0.489 e. The van der Waals surface area contributed by atoms with E-state index < -0.39 is 6.04 Å². The van der Waals surface area contributed by atoms with E-state index in [1.807, 2.05) is 18.2 Å². The Morgan fingerprint density at radius 1 is 0.889 bits per heavy atom. The quantitative estimate of drug-likeness (QED) is 0.652. The molecule has 0 aromatic heterocycles. The van der Waals surface area contributed by atoms with Gasteiger partial charge in [0.1, 0.15) is 17.9 Å². The molecule has 1 unspecified atom stereocenters. The van der Waals surface area contributed by atoms with Gasteiger partial charge < -0.3 is 9.64 Å². The van der Waals surface area contributed by atoms with Crippen LogP contribution in [-0.2, 0) is 16.1 Å². The molecule has 36 heavy (non-hydrogen) atoms. The van der Waals surface area contributed by atoms with Crippen LogP contribution in [0, 0.1) is 0 Å². The first-order valence-corrected chi connectivity index (χ1v) is 13.3. The van der Waals surface area contributed by atoms with Crippen molar-refractivity contribution in [1.29, 1.82) is 0 Å². The van der Waals surface area contributed by atoms with Crippen molar-refractivity contribution >= 4 is 17.7 Å². The molecule has 7 nitrogen and oxygen atoms in total. The van der Waals surface area contributed by atoms with Gasteiger partial charge in [0, 0.05) is 24.6 Å². The summed E-state index contributed by atoms with van der Waals surface area (Å²) in [6.45, 7) is 2.58. The number of carbonyl (C=O) groups excluding carboxylic acids is 3. The van der Waals surface area contributed by atoms with Crippen LogP contribution < -0.4 is 10.1 Å². The summed E-state index contributed by atoms with van der Waals surface area (Å²) < 4.78 is 6.53. The highest BCUT2D eigenvalue weighted by Crippen LogP contribution is 2.36. The summed E-state index contributed by atoms with van der Waals surface area (Å²) in [5.74, 6) is 0.638. The smallest absolute Gasteiger partial charge is 0.255 e. The maximum atomic E-state index is 13.0. The molecule has 3 heterocycles. The summed E-state index contributed by atoms with van der Waals surface area (Å²) in [5, 5.41) is 2.36. The van der Waals surface area contributed by atoms with Crippen LogP contribution in [0.15, 0.2) is 48.5 Å². The third kappa shape index (κ3) is 4.41. The standard InChI is InChI=1S/C29H33N3O4/c33-27-12-11-25(28(34)30-27)32-18-21-17-22(9-10-23(21)29(32)35)36-26-8-4-7-24(26)31-15-13-20(14-16-31)19-5-2-1-3-6-19/h1-3,5-6,9-10,17,20,24-26H,4,7-8,11-16,18H2,(H,30,33,34)/t24-,25?,26+/m0/s1. The molecule has 2 aromatic rings. The van der Waals surface area contributed by atoms with E-state index in [9.17, 15) is 14.4 Å². The van der Waals surface area contributed by atoms with Crippen LogP contribution >= 0.6 is 0 Å². The highest BCUT2D eigenvalue weighted by molar-refractivity contribution is 6.05. The maximum Gasteiger partial charge on any atom is 0.255 e. The second kappa shape index (κ2) is 9.69. The first-order chi connectivity index (χ1) is 17.6. The highest BCUT2D eigenvalue weighted by atomic mass is 16.5. The zero-order chi connectivity index (χ0) is 24.6. The number of fused-ring (bicyclic) bond motifs is 1. The molecule has 1 saturated carbocycles. The molecule has 1 aliphatic carbocycles. The molecule has 3 fully saturated rings. The van der Waals surface area contributed by atoms with Crippen molar-refractivity contribution in [1.82, 2.24) is 15.1 Å². The first kappa shape index (κ1) is 23.2. The summed E-state index contributed by atoms with van der Waals surface area (Å²) in [4.78, 5) is 41.0. The van der Waals surface area contributed by atoms with Gasteiger partial charge in [-0.1, -0.05) is 30.3 Å². The Hall–Kier alpha value is -3.19. The van der Waals surface area contributed by atoms with Gasteiger partial charge in [0.2, 0.25) is 11.8 Å². The molecule has 3 aliphatic heterocycles. The van der Waals surface area contributed by atoms with Gasteiger partial charge in [0.05, 0.1) is 0 Å². The molecule has 2 saturated heterocycles. The van der Waals surface area contributed by atoms with E-state index in [4.69, 9.17) is 4.74 Å². The summed E-state index contributed by atoms with van der Waals surface area (Å²) in [6, 6.07) is 16.4. The van der Waals surface area contributed by atoms with Gasteiger partial charge in [0.25, 0.3) is 5.91 Å². The predicted molar refractivity (Wildman–Crippen MR) is 135 cm³/mol. The largest absolute Gasteiger partial charge is 0.489 e. The zero-order valence-electron chi connectivity index (χ0n) is 20.5. The third-order valence-electron chi connectivity index (χ3n) is 8.47. The number of imide groups is 1. The summed E-state index contributed by atoms with van der Waals surface area (Å²) in [7, 11) is 0. The molecule has 7 heteroatoms. The molecule has 0 spiro atoms. The number of ether oxygens (including phenoxy) is 1. The lowest BCUT2D eigenvalue weighted by atomic mass is 9.88. The van der Waals surface area contributed by atoms with Gasteiger partial charge in [-0.2, -0.15) is 0 Å². The van der Waals surface area contributed by atoms with Gasteiger partial charge in [-0.3, -0.25) is 24.6 Å². The van der Waals surface area contributed by atoms with Crippen molar-refractivity contribution < 1.29 is 19.1 Å². The van der Waals surface area contributed by atoms with Crippen LogP contribution in [0.4, 0.5) is 0 Å². The van der Waals surface area contributed by atoms with Crippen molar-refractivity contribution in [3.8, 4) is 5.75 Å². The Bertz CT molecular complexity index is 1160. The number of benzene rings is 2. The van der Waals surface area contributed by atoms with Gasteiger partial charge in [-0.15, -0.1) is 0 Å². The summed E-state index contributed by atoms with van der Waals surface area (Å²) in [5.41, 5.74) is 2.97. The van der Waals surface area contributed by atoms with Crippen LogP contribution in [0.25, 0.3) is 0 Å². The number of rotatable bonds is 5. The second-order valence-electron chi connectivity index (χ2n) is 10.6. The average Bonchev–Trinajstić information content (AvgIpc) is 3.49. The topological polar surface area (TPSA) is 79.0 Å². The predicted octanol–water partition coefficient (Wildman–Crippen LogP) is 3.63. The van der Waals surface area contributed by atoms with E-state index in [-0.39, 0.29) is 30.2 Å². The lowest BCUT2D eigenvalue weighted by Gasteiger charge is -2.38. The molecule has 188 valence electrons. The fraction of sp³-hybridized carbons (Fsp3) is 0.483. The van der Waals surface area contributed by atoms with Crippen LogP contribution in [0.2, 0.25) is 0 Å². The Morgan fingerprint density at radius 3 is 2.47 bits per heavy atom. The maximum absolute atomic E-state index is 13.0. The number of likely N-dealkylation sites (tertiary alicyclic amines) is 1. The Labute approximate surface area is 211 Å². The molecule has 1 N–H and O–H groups in total. The minimum atomic E-state index is -0.593. The normalized spacial score (nSPS) is 27.3. The van der Waals surface area contributed by atoms with Crippen LogP contribution in [0.3, 0.4) is 0 Å². The number of carbonyl (C=O) groups is 3. The van der Waals surface area contributed by atoms with Gasteiger partial charge in [0.15, 0.2) is 0 Å². The van der Waals surface area contributed by atoms with Gasteiger partial charge in [-0.05, 0) is 86.9 Å². The molecule has 6 rings (SSSR count). The fourth-order valence-electron chi connectivity index (χ4n) is 6.55. The van der Waals surface area contributed by atoms with Crippen molar-refractivity contribution in [2.75, 3.05) is 13.1 Å². The monoisotopic (exact) mass is 487 g/mol. The van der Waals surface area contributed by atoms with Crippen LogP contribution in [-0.4, -0.2) is 58.8 Å². The lowest BCUT2D eigenvalue weighted by molar-refractivity contribution is -0.136. The Balaban J connectivity index is 1.09. The Morgan fingerprint density at radius 2 is 1.69 bits per heavy atom. The van der Waals surface area contributed by atoms with E-state index in [1.54, 1.807) is 4.90 Å². The zero-order valence-corrected chi connectivity index (χ0v) is 20.5. The molecule has 3 atom stereocenters. The van der Waals surface area contributed by atoms with E-state index in [0.29, 0.717) is 30.5 Å². The highest BCUT2D eigenvalue weighted by Gasteiger charge is 2.40. The molecule has 4 aliphatic rings. The number of nitrogens with zero attached hydrogens (tertiary/aromatic N) is 2. The van der Waals surface area contributed by atoms with Gasteiger partial charge >= 0.3 is 0 Å². The number of amides is 3. The van der Waals surface area contributed by atoms with E-state index in [1.165, 1.54) is 24.8 Å². The molecular formula is C29H33N3O4. The number of nitrogens with one attached hydrogen (secondary N) is 1. The van der Waals surface area contributed by atoms with Crippen molar-refractivity contribution in [3.63, 3.8) is 0 Å². The summed E-state index contributed by atoms with van der Waals surface area (Å²) in [6.07, 6.45) is 6.53. The minimum absolute atomic E-state index is 0.147. The lowest BCUT2D eigenvalue weighted by Crippen LogP contribution is -2.52. The van der Waals surface area contributed by atoms with E-state index in [2.05, 4.69) is 40.5 Å². The first-order valence-electron chi connectivity index (χ1n) is 13.3. The molecule has 0 bridgehead atoms. The fourth-order valence-corrected chi connectivity index (χ4v) is 6.55. The molecule has 0 radical (unpaired) electrons. The van der Waals surface area contributed by atoms with Crippen molar-refractivity contribution in [2.24, 2.45) is 0 Å². The molecule has 2 aromatic carbocycles.